The Kier molecular flexibility index (Phi) is 5.30. The van der Waals surface area contributed by atoms with Gasteiger partial charge < -0.3 is 10.6 Å². The number of benzene rings is 1. The fourth-order valence-corrected chi connectivity index (χ4v) is 2.83. The molecule has 21 heavy (non-hydrogen) atoms. The van der Waals surface area contributed by atoms with Gasteiger partial charge in [0.1, 0.15) is 5.82 Å². The number of rotatable bonds is 3. The van der Waals surface area contributed by atoms with Crippen LogP contribution in [0.15, 0.2) is 22.7 Å². The number of nitrogens with zero attached hydrogens (tertiary/aromatic N) is 2. The smallest absolute Gasteiger partial charge is 0.255 e. The molecule has 0 saturated carbocycles. The number of primary amides is 1. The van der Waals surface area contributed by atoms with Crippen LogP contribution in [0.3, 0.4) is 0 Å². The predicted octanol–water partition coefficient (Wildman–Crippen LogP) is 1.22. The number of carbonyl (C=O) groups is 2. The topological polar surface area (TPSA) is 66.6 Å². The Morgan fingerprint density at radius 1 is 1.24 bits per heavy atom. The maximum atomic E-state index is 13.5. The van der Waals surface area contributed by atoms with Crippen LogP contribution >= 0.6 is 15.9 Å². The Morgan fingerprint density at radius 2 is 2.00 bits per heavy atom. The second-order valence-electron chi connectivity index (χ2n) is 4.99. The molecule has 1 fully saturated rings. The van der Waals surface area contributed by atoms with Gasteiger partial charge in [-0.2, -0.15) is 0 Å². The average molecular weight is 358 g/mol. The Morgan fingerprint density at radius 3 is 2.71 bits per heavy atom. The molecule has 0 atom stereocenters. The van der Waals surface area contributed by atoms with Gasteiger partial charge in [-0.05, 0) is 34.5 Å². The van der Waals surface area contributed by atoms with Crippen molar-refractivity contribution in [2.24, 2.45) is 5.73 Å². The Balaban J connectivity index is 2.06. The molecule has 0 radical (unpaired) electrons. The number of nitrogens with two attached hydrogens (primary N) is 1. The van der Waals surface area contributed by atoms with Gasteiger partial charge in [-0.25, -0.2) is 4.39 Å². The van der Waals surface area contributed by atoms with Crippen LogP contribution in [-0.2, 0) is 4.79 Å². The summed E-state index contributed by atoms with van der Waals surface area (Å²) in [7, 11) is 0. The summed E-state index contributed by atoms with van der Waals surface area (Å²) in [5, 5.41) is 0. The molecule has 5 nitrogen and oxygen atoms in total. The van der Waals surface area contributed by atoms with Crippen molar-refractivity contribution >= 4 is 27.7 Å². The van der Waals surface area contributed by atoms with Gasteiger partial charge in [0.15, 0.2) is 0 Å². The first-order valence-electron chi connectivity index (χ1n) is 6.73. The van der Waals surface area contributed by atoms with Crippen molar-refractivity contribution in [2.75, 3.05) is 32.7 Å². The molecule has 1 aromatic carbocycles. The lowest BCUT2D eigenvalue weighted by Crippen LogP contribution is -2.38. The summed E-state index contributed by atoms with van der Waals surface area (Å²) in [6, 6.07) is 4.42. The van der Waals surface area contributed by atoms with Crippen molar-refractivity contribution in [3.63, 3.8) is 0 Å². The van der Waals surface area contributed by atoms with E-state index in [9.17, 15) is 14.0 Å². The van der Waals surface area contributed by atoms with E-state index in [-0.39, 0.29) is 22.8 Å². The van der Waals surface area contributed by atoms with E-state index in [1.807, 2.05) is 4.90 Å². The average Bonchev–Trinajstić information content (AvgIpc) is 2.66. The van der Waals surface area contributed by atoms with Gasteiger partial charge in [0, 0.05) is 26.2 Å². The highest BCUT2D eigenvalue weighted by molar-refractivity contribution is 9.10. The van der Waals surface area contributed by atoms with E-state index < -0.39 is 5.82 Å². The molecule has 0 spiro atoms. The minimum absolute atomic E-state index is 0.188. The Hall–Kier alpha value is -1.47. The zero-order valence-corrected chi connectivity index (χ0v) is 13.1. The van der Waals surface area contributed by atoms with Gasteiger partial charge in [0.05, 0.1) is 16.6 Å². The van der Waals surface area contributed by atoms with Crippen LogP contribution in [0, 0.1) is 5.82 Å². The monoisotopic (exact) mass is 357 g/mol. The summed E-state index contributed by atoms with van der Waals surface area (Å²) in [6.07, 6.45) is 0.756. The zero-order valence-electron chi connectivity index (χ0n) is 11.5. The summed E-state index contributed by atoms with van der Waals surface area (Å²) in [5.74, 6) is -1.03. The van der Waals surface area contributed by atoms with Crippen LogP contribution in [0.5, 0.6) is 0 Å². The van der Waals surface area contributed by atoms with Crippen molar-refractivity contribution in [3.05, 3.63) is 34.1 Å². The van der Waals surface area contributed by atoms with Crippen molar-refractivity contribution < 1.29 is 14.0 Å². The first kappa shape index (κ1) is 15.9. The van der Waals surface area contributed by atoms with Gasteiger partial charge in [-0.1, -0.05) is 6.07 Å². The molecule has 114 valence electrons. The number of amides is 2. The molecule has 2 amide bonds. The molecule has 7 heteroatoms. The van der Waals surface area contributed by atoms with Gasteiger partial charge >= 0.3 is 0 Å². The first-order chi connectivity index (χ1) is 9.99. The standard InChI is InChI=1S/C14H17BrFN3O2/c15-13-10(3-1-4-11(13)16)14(21)19-6-2-5-18(7-8-19)9-12(17)20/h1,3-4H,2,5-9H2,(H2,17,20). The highest BCUT2D eigenvalue weighted by atomic mass is 79.9. The number of halogens is 2. The lowest BCUT2D eigenvalue weighted by molar-refractivity contribution is -0.119. The van der Waals surface area contributed by atoms with Crippen LogP contribution in [0.25, 0.3) is 0 Å². The van der Waals surface area contributed by atoms with Gasteiger partial charge in [0.2, 0.25) is 5.91 Å². The molecule has 0 aliphatic carbocycles. The predicted molar refractivity (Wildman–Crippen MR) is 80.3 cm³/mol. The normalized spacial score (nSPS) is 16.6. The van der Waals surface area contributed by atoms with E-state index >= 15 is 0 Å². The van der Waals surface area contributed by atoms with E-state index in [1.165, 1.54) is 12.1 Å². The third-order valence-electron chi connectivity index (χ3n) is 3.44. The van der Waals surface area contributed by atoms with Gasteiger partial charge in [-0.3, -0.25) is 14.5 Å². The minimum Gasteiger partial charge on any atom is -0.369 e. The fourth-order valence-electron chi connectivity index (χ4n) is 2.39. The maximum Gasteiger partial charge on any atom is 0.255 e. The molecule has 1 saturated heterocycles. The highest BCUT2D eigenvalue weighted by Gasteiger charge is 2.23. The summed E-state index contributed by atoms with van der Waals surface area (Å²) in [5.41, 5.74) is 5.51. The summed E-state index contributed by atoms with van der Waals surface area (Å²) in [4.78, 5) is 27.0. The van der Waals surface area contributed by atoms with E-state index in [4.69, 9.17) is 5.73 Å². The van der Waals surface area contributed by atoms with Crippen molar-refractivity contribution in [1.82, 2.24) is 9.80 Å². The minimum atomic E-state index is -0.453. The van der Waals surface area contributed by atoms with Gasteiger partial charge in [0.25, 0.3) is 5.91 Å². The summed E-state index contributed by atoms with van der Waals surface area (Å²) in [6.45, 7) is 2.58. The lowest BCUT2D eigenvalue weighted by atomic mass is 10.2. The summed E-state index contributed by atoms with van der Waals surface area (Å²) >= 11 is 3.12. The van der Waals surface area contributed by atoms with Crippen LogP contribution in [0.2, 0.25) is 0 Å². The Labute approximate surface area is 131 Å². The van der Waals surface area contributed by atoms with Crippen molar-refractivity contribution in [3.8, 4) is 0 Å². The highest BCUT2D eigenvalue weighted by Crippen LogP contribution is 2.22. The maximum absolute atomic E-state index is 13.5. The third-order valence-corrected chi connectivity index (χ3v) is 4.24. The van der Waals surface area contributed by atoms with Crippen molar-refractivity contribution in [2.45, 2.75) is 6.42 Å². The van der Waals surface area contributed by atoms with Crippen LogP contribution < -0.4 is 5.73 Å². The molecule has 2 N–H and O–H groups in total. The molecule has 0 bridgehead atoms. The molecule has 0 aromatic heterocycles. The second kappa shape index (κ2) is 7.00. The number of hydrogen-bond acceptors (Lipinski definition) is 3. The van der Waals surface area contributed by atoms with Crippen molar-refractivity contribution in [1.29, 1.82) is 0 Å². The molecular formula is C14H17BrFN3O2. The molecule has 1 aromatic rings. The first-order valence-corrected chi connectivity index (χ1v) is 7.52. The van der Waals surface area contributed by atoms with Crippen LogP contribution in [0.1, 0.15) is 16.8 Å². The number of carbonyl (C=O) groups excluding carboxylic acids is 2. The SMILES string of the molecule is NC(=O)CN1CCCN(C(=O)c2cccc(F)c2Br)CC1. The largest absolute Gasteiger partial charge is 0.369 e. The van der Waals surface area contributed by atoms with Crippen LogP contribution in [0.4, 0.5) is 4.39 Å². The second-order valence-corrected chi connectivity index (χ2v) is 5.78. The lowest BCUT2D eigenvalue weighted by Gasteiger charge is -2.22. The number of hydrogen-bond donors (Lipinski definition) is 1. The molecule has 1 aliphatic heterocycles. The fraction of sp³-hybridized carbons (Fsp3) is 0.429. The van der Waals surface area contributed by atoms with Crippen LogP contribution in [-0.4, -0.2) is 54.3 Å². The van der Waals surface area contributed by atoms with Gasteiger partial charge in [-0.15, -0.1) is 0 Å². The zero-order chi connectivity index (χ0) is 15.4. The third kappa shape index (κ3) is 4.01. The van der Waals surface area contributed by atoms with E-state index in [1.54, 1.807) is 11.0 Å². The summed E-state index contributed by atoms with van der Waals surface area (Å²) < 4.78 is 13.7. The van der Waals surface area contributed by atoms with E-state index in [0.29, 0.717) is 25.2 Å². The van der Waals surface area contributed by atoms with E-state index in [2.05, 4.69) is 15.9 Å². The molecule has 1 aliphatic rings. The molecule has 0 unspecified atom stereocenters. The quantitative estimate of drug-likeness (QED) is 0.884. The van der Waals surface area contributed by atoms with E-state index in [0.717, 1.165) is 13.0 Å². The Bertz CT molecular complexity index is 553. The molecule has 2 rings (SSSR count). The molecular weight excluding hydrogens is 341 g/mol. The molecule has 1 heterocycles.